The average Bonchev–Trinajstić information content (AvgIpc) is 2.95. The van der Waals surface area contributed by atoms with Crippen molar-refractivity contribution < 1.29 is 28.2 Å². The Bertz CT molecular complexity index is 787. The molecule has 0 unspecified atom stereocenters. The molecule has 1 spiro atoms. The summed E-state index contributed by atoms with van der Waals surface area (Å²) in [6.45, 7) is 5.30. The molecule has 164 valence electrons. The van der Waals surface area contributed by atoms with Gasteiger partial charge in [-0.1, -0.05) is 0 Å². The number of rotatable bonds is 4. The van der Waals surface area contributed by atoms with Crippen LogP contribution in [0.2, 0.25) is 0 Å². The SMILES string of the molecule is CC(=O)NC[C@H]1CN(c2ccc(N3CCC4(CC3)COCCCO4)c(F)c2)C(=O)O1. The maximum Gasteiger partial charge on any atom is 0.414 e. The lowest BCUT2D eigenvalue weighted by molar-refractivity contribution is -0.119. The fraction of sp³-hybridized carbons (Fsp3) is 0.619. The number of anilines is 2. The quantitative estimate of drug-likeness (QED) is 0.802. The number of hydrogen-bond acceptors (Lipinski definition) is 6. The Morgan fingerprint density at radius 1 is 1.30 bits per heavy atom. The summed E-state index contributed by atoms with van der Waals surface area (Å²) in [5.74, 6) is -0.566. The van der Waals surface area contributed by atoms with Crippen molar-refractivity contribution in [3.05, 3.63) is 24.0 Å². The van der Waals surface area contributed by atoms with Crippen LogP contribution < -0.4 is 15.1 Å². The summed E-state index contributed by atoms with van der Waals surface area (Å²) < 4.78 is 31.9. The minimum absolute atomic E-state index is 0.191. The summed E-state index contributed by atoms with van der Waals surface area (Å²) in [5, 5.41) is 2.63. The lowest BCUT2D eigenvalue weighted by Crippen LogP contribution is -2.48. The number of nitrogens with one attached hydrogen (secondary N) is 1. The predicted octanol–water partition coefficient (Wildman–Crippen LogP) is 2.06. The zero-order chi connectivity index (χ0) is 21.1. The van der Waals surface area contributed by atoms with Gasteiger partial charge >= 0.3 is 6.09 Å². The molecule has 0 bridgehead atoms. The van der Waals surface area contributed by atoms with E-state index in [9.17, 15) is 14.0 Å². The molecule has 2 amide bonds. The summed E-state index contributed by atoms with van der Waals surface area (Å²) in [4.78, 5) is 26.6. The first-order chi connectivity index (χ1) is 14.5. The Kier molecular flexibility index (Phi) is 6.10. The number of nitrogens with zero attached hydrogens (tertiary/aromatic N) is 2. The molecule has 0 radical (unpaired) electrons. The van der Waals surface area contributed by atoms with Gasteiger partial charge in [0.2, 0.25) is 5.91 Å². The molecule has 3 saturated heterocycles. The second kappa shape index (κ2) is 8.77. The van der Waals surface area contributed by atoms with Crippen molar-refractivity contribution in [3.63, 3.8) is 0 Å². The summed E-state index contributed by atoms with van der Waals surface area (Å²) in [5.41, 5.74) is 0.706. The number of piperidine rings is 1. The molecular weight excluding hydrogens is 393 g/mol. The molecule has 1 aromatic rings. The van der Waals surface area contributed by atoms with Crippen molar-refractivity contribution in [2.75, 3.05) is 55.8 Å². The van der Waals surface area contributed by atoms with Crippen LogP contribution >= 0.6 is 0 Å². The van der Waals surface area contributed by atoms with E-state index < -0.39 is 12.2 Å². The molecular formula is C21H28FN3O5. The first kappa shape index (κ1) is 20.9. The van der Waals surface area contributed by atoms with Gasteiger partial charge in [-0.15, -0.1) is 0 Å². The Morgan fingerprint density at radius 3 is 2.83 bits per heavy atom. The van der Waals surface area contributed by atoms with E-state index in [4.69, 9.17) is 14.2 Å². The molecule has 3 aliphatic heterocycles. The van der Waals surface area contributed by atoms with Gasteiger partial charge in [0, 0.05) is 33.2 Å². The summed E-state index contributed by atoms with van der Waals surface area (Å²) in [7, 11) is 0. The fourth-order valence-electron chi connectivity index (χ4n) is 4.21. The topological polar surface area (TPSA) is 80.3 Å². The van der Waals surface area contributed by atoms with E-state index in [1.165, 1.54) is 17.9 Å². The van der Waals surface area contributed by atoms with E-state index in [1.807, 2.05) is 4.90 Å². The predicted molar refractivity (Wildman–Crippen MR) is 108 cm³/mol. The van der Waals surface area contributed by atoms with E-state index in [2.05, 4.69) is 5.32 Å². The lowest BCUT2D eigenvalue weighted by atomic mass is 9.91. The molecule has 0 saturated carbocycles. The van der Waals surface area contributed by atoms with Crippen molar-refractivity contribution in [2.45, 2.75) is 37.9 Å². The molecule has 8 nitrogen and oxygen atoms in total. The smallest absolute Gasteiger partial charge is 0.414 e. The van der Waals surface area contributed by atoms with Crippen molar-refractivity contribution >= 4 is 23.4 Å². The van der Waals surface area contributed by atoms with Gasteiger partial charge in [-0.25, -0.2) is 9.18 Å². The highest BCUT2D eigenvalue weighted by Crippen LogP contribution is 2.34. The van der Waals surface area contributed by atoms with Crippen molar-refractivity contribution in [3.8, 4) is 0 Å². The fourth-order valence-corrected chi connectivity index (χ4v) is 4.21. The molecule has 0 aromatic heterocycles. The Hall–Kier alpha value is -2.39. The standard InChI is InChI=1S/C21H28FN3O5/c1-15(26)23-12-17-13-25(20(27)30-17)16-3-4-19(18(22)11-16)24-7-5-21(6-8-24)14-28-9-2-10-29-21/h3-4,11,17H,2,5-10,12-14H2,1H3,(H,23,26)/t17-/m0/s1. The molecule has 0 aliphatic carbocycles. The Labute approximate surface area is 175 Å². The van der Waals surface area contributed by atoms with Crippen molar-refractivity contribution in [2.24, 2.45) is 0 Å². The van der Waals surface area contributed by atoms with Crippen LogP contribution in [0, 0.1) is 5.82 Å². The summed E-state index contributed by atoms with van der Waals surface area (Å²) in [6.07, 6.45) is 1.49. The highest BCUT2D eigenvalue weighted by atomic mass is 19.1. The highest BCUT2D eigenvalue weighted by Gasteiger charge is 2.38. The maximum absolute atomic E-state index is 14.9. The molecule has 1 aromatic carbocycles. The zero-order valence-electron chi connectivity index (χ0n) is 17.2. The lowest BCUT2D eigenvalue weighted by Gasteiger charge is -2.41. The van der Waals surface area contributed by atoms with Crippen LogP contribution in [0.5, 0.6) is 0 Å². The van der Waals surface area contributed by atoms with Gasteiger partial charge < -0.3 is 24.4 Å². The first-order valence-corrected chi connectivity index (χ1v) is 10.4. The first-order valence-electron chi connectivity index (χ1n) is 10.4. The number of halogens is 1. The van der Waals surface area contributed by atoms with Crippen LogP contribution in [-0.2, 0) is 19.0 Å². The number of ether oxygens (including phenoxy) is 3. The number of benzene rings is 1. The Balaban J connectivity index is 1.39. The van der Waals surface area contributed by atoms with Gasteiger partial charge in [-0.05, 0) is 37.5 Å². The number of carbonyl (C=O) groups is 2. The number of hydrogen-bond donors (Lipinski definition) is 1. The van der Waals surface area contributed by atoms with Crippen LogP contribution in [0.15, 0.2) is 18.2 Å². The molecule has 9 heteroatoms. The van der Waals surface area contributed by atoms with Gasteiger partial charge in [0.15, 0.2) is 0 Å². The van der Waals surface area contributed by atoms with Crippen LogP contribution in [-0.4, -0.2) is 69.7 Å². The largest absolute Gasteiger partial charge is 0.442 e. The van der Waals surface area contributed by atoms with Crippen LogP contribution in [0.25, 0.3) is 0 Å². The normalized spacial score (nSPS) is 23.9. The van der Waals surface area contributed by atoms with Gasteiger partial charge in [-0.3, -0.25) is 9.69 Å². The summed E-state index contributed by atoms with van der Waals surface area (Å²) in [6, 6.07) is 4.81. The number of cyclic esters (lactones) is 1. The van der Waals surface area contributed by atoms with Crippen molar-refractivity contribution in [1.29, 1.82) is 0 Å². The van der Waals surface area contributed by atoms with E-state index in [1.54, 1.807) is 12.1 Å². The molecule has 3 heterocycles. The van der Waals surface area contributed by atoms with Gasteiger partial charge in [0.05, 0.1) is 36.7 Å². The minimum atomic E-state index is -0.539. The Morgan fingerprint density at radius 2 is 2.10 bits per heavy atom. The second-order valence-electron chi connectivity index (χ2n) is 8.11. The number of carbonyl (C=O) groups excluding carboxylic acids is 2. The molecule has 3 fully saturated rings. The average molecular weight is 421 g/mol. The van der Waals surface area contributed by atoms with E-state index in [0.29, 0.717) is 37.7 Å². The van der Waals surface area contributed by atoms with Crippen LogP contribution in [0.4, 0.5) is 20.6 Å². The van der Waals surface area contributed by atoms with E-state index in [0.717, 1.165) is 25.9 Å². The molecule has 1 atom stereocenters. The third-order valence-corrected chi connectivity index (χ3v) is 5.92. The van der Waals surface area contributed by atoms with Gasteiger partial charge in [0.1, 0.15) is 11.9 Å². The van der Waals surface area contributed by atoms with Gasteiger partial charge in [-0.2, -0.15) is 0 Å². The second-order valence-corrected chi connectivity index (χ2v) is 8.11. The molecule has 3 aliphatic rings. The third-order valence-electron chi connectivity index (χ3n) is 5.92. The molecule has 1 N–H and O–H groups in total. The van der Waals surface area contributed by atoms with Crippen molar-refractivity contribution in [1.82, 2.24) is 5.32 Å². The van der Waals surface area contributed by atoms with Gasteiger partial charge in [0.25, 0.3) is 0 Å². The van der Waals surface area contributed by atoms with Crippen LogP contribution in [0.1, 0.15) is 26.2 Å². The zero-order valence-corrected chi connectivity index (χ0v) is 17.2. The minimum Gasteiger partial charge on any atom is -0.442 e. The van der Waals surface area contributed by atoms with E-state index in [-0.39, 0.29) is 30.4 Å². The summed E-state index contributed by atoms with van der Waals surface area (Å²) >= 11 is 0. The molecule has 30 heavy (non-hydrogen) atoms. The monoisotopic (exact) mass is 421 g/mol. The third kappa shape index (κ3) is 4.52. The van der Waals surface area contributed by atoms with E-state index >= 15 is 0 Å². The highest BCUT2D eigenvalue weighted by molar-refractivity contribution is 5.90. The van der Waals surface area contributed by atoms with Crippen LogP contribution in [0.3, 0.4) is 0 Å². The number of amides is 2. The maximum atomic E-state index is 14.9. The molecule has 4 rings (SSSR count).